The van der Waals surface area contributed by atoms with Crippen LogP contribution in [0.4, 0.5) is 5.69 Å². The maximum absolute atomic E-state index is 5.52. The van der Waals surface area contributed by atoms with E-state index in [2.05, 4.69) is 35.2 Å². The molecule has 0 saturated carbocycles. The van der Waals surface area contributed by atoms with Gasteiger partial charge < -0.3 is 14.4 Å². The van der Waals surface area contributed by atoms with Crippen LogP contribution in [0.1, 0.15) is 30.7 Å². The number of hydrogen-bond donors (Lipinski definition) is 0. The number of benzene rings is 2. The van der Waals surface area contributed by atoms with Crippen molar-refractivity contribution in [2.24, 2.45) is 0 Å². The van der Waals surface area contributed by atoms with Crippen LogP contribution in [-0.2, 0) is 0 Å². The van der Waals surface area contributed by atoms with E-state index >= 15 is 0 Å². The molecule has 122 valence electrons. The van der Waals surface area contributed by atoms with Gasteiger partial charge >= 0.3 is 0 Å². The number of rotatable bonds is 4. The molecule has 0 N–H and O–H groups in total. The second-order valence-electron chi connectivity index (χ2n) is 6.06. The number of nitrogens with zero attached hydrogens (tertiary/aromatic N) is 1. The molecule has 0 amide bonds. The Balaban J connectivity index is 1.74. The molecule has 23 heavy (non-hydrogen) atoms. The Bertz CT molecular complexity index is 641. The first-order chi connectivity index (χ1) is 11.3. The first-order valence-electron chi connectivity index (χ1n) is 8.33. The number of methoxy groups -OCH3 is 2. The summed E-state index contributed by atoms with van der Waals surface area (Å²) in [7, 11) is 3.48. The predicted octanol–water partition coefficient (Wildman–Crippen LogP) is 4.48. The van der Waals surface area contributed by atoms with Crippen molar-refractivity contribution < 1.29 is 9.47 Å². The molecule has 1 heterocycles. The van der Waals surface area contributed by atoms with E-state index in [0.29, 0.717) is 5.92 Å². The Morgan fingerprint density at radius 2 is 1.78 bits per heavy atom. The van der Waals surface area contributed by atoms with E-state index in [1.165, 1.54) is 24.1 Å². The molecule has 0 aromatic heterocycles. The van der Waals surface area contributed by atoms with Crippen LogP contribution in [-0.4, -0.2) is 27.3 Å². The van der Waals surface area contributed by atoms with Gasteiger partial charge in [-0.2, -0.15) is 0 Å². The molecular weight excluding hydrogens is 286 g/mol. The van der Waals surface area contributed by atoms with Gasteiger partial charge in [0.2, 0.25) is 0 Å². The van der Waals surface area contributed by atoms with Crippen LogP contribution in [0.15, 0.2) is 48.5 Å². The fourth-order valence-electron chi connectivity index (χ4n) is 3.46. The molecule has 2 aromatic carbocycles. The SMILES string of the molecule is COc1cccc(C2CCCN(c3ccccc3OC)CC2)c1. The van der Waals surface area contributed by atoms with Crippen molar-refractivity contribution in [2.75, 3.05) is 32.2 Å². The summed E-state index contributed by atoms with van der Waals surface area (Å²) in [5.74, 6) is 2.52. The van der Waals surface area contributed by atoms with Gasteiger partial charge in [0.15, 0.2) is 0 Å². The van der Waals surface area contributed by atoms with Crippen LogP contribution in [0.25, 0.3) is 0 Å². The number of hydrogen-bond acceptors (Lipinski definition) is 3. The summed E-state index contributed by atoms with van der Waals surface area (Å²) < 4.78 is 10.9. The van der Waals surface area contributed by atoms with Crippen molar-refractivity contribution in [1.82, 2.24) is 0 Å². The van der Waals surface area contributed by atoms with Crippen LogP contribution >= 0.6 is 0 Å². The highest BCUT2D eigenvalue weighted by molar-refractivity contribution is 5.58. The number of para-hydroxylation sites is 2. The molecule has 0 aliphatic carbocycles. The molecule has 1 saturated heterocycles. The Kier molecular flexibility index (Phi) is 5.06. The molecule has 3 heteroatoms. The zero-order chi connectivity index (χ0) is 16.1. The van der Waals surface area contributed by atoms with Crippen LogP contribution in [0, 0.1) is 0 Å². The molecule has 0 radical (unpaired) electrons. The van der Waals surface area contributed by atoms with Crippen LogP contribution in [0.2, 0.25) is 0 Å². The van der Waals surface area contributed by atoms with Crippen molar-refractivity contribution in [3.63, 3.8) is 0 Å². The third-order valence-electron chi connectivity index (χ3n) is 4.72. The zero-order valence-electron chi connectivity index (χ0n) is 14.0. The van der Waals surface area contributed by atoms with Gasteiger partial charge in [0.1, 0.15) is 11.5 Å². The summed E-state index contributed by atoms with van der Waals surface area (Å²) in [5.41, 5.74) is 2.60. The molecule has 0 spiro atoms. The summed E-state index contributed by atoms with van der Waals surface area (Å²) in [6, 6.07) is 16.8. The smallest absolute Gasteiger partial charge is 0.142 e. The number of ether oxygens (including phenoxy) is 2. The molecule has 1 atom stereocenters. The van der Waals surface area contributed by atoms with Crippen LogP contribution in [0.5, 0.6) is 11.5 Å². The largest absolute Gasteiger partial charge is 0.497 e. The second-order valence-corrected chi connectivity index (χ2v) is 6.06. The first-order valence-corrected chi connectivity index (χ1v) is 8.33. The molecule has 1 aliphatic heterocycles. The van der Waals surface area contributed by atoms with E-state index < -0.39 is 0 Å². The summed E-state index contributed by atoms with van der Waals surface area (Å²) >= 11 is 0. The topological polar surface area (TPSA) is 21.7 Å². The van der Waals surface area contributed by atoms with Gasteiger partial charge in [-0.1, -0.05) is 24.3 Å². The third-order valence-corrected chi connectivity index (χ3v) is 4.72. The minimum atomic E-state index is 0.602. The van der Waals surface area contributed by atoms with Gasteiger partial charge in [0, 0.05) is 13.1 Å². The highest BCUT2D eigenvalue weighted by Gasteiger charge is 2.20. The monoisotopic (exact) mass is 311 g/mol. The molecular formula is C20H25NO2. The van der Waals surface area contributed by atoms with Crippen molar-refractivity contribution in [1.29, 1.82) is 0 Å². The molecule has 3 nitrogen and oxygen atoms in total. The maximum atomic E-state index is 5.52. The number of anilines is 1. The lowest BCUT2D eigenvalue weighted by Crippen LogP contribution is -2.24. The quantitative estimate of drug-likeness (QED) is 0.831. The molecule has 1 fully saturated rings. The van der Waals surface area contributed by atoms with Gasteiger partial charge in [-0.15, -0.1) is 0 Å². The molecule has 1 unspecified atom stereocenters. The van der Waals surface area contributed by atoms with E-state index in [1.807, 2.05) is 18.2 Å². The molecule has 2 aromatic rings. The van der Waals surface area contributed by atoms with E-state index in [-0.39, 0.29) is 0 Å². The Morgan fingerprint density at radius 1 is 0.913 bits per heavy atom. The van der Waals surface area contributed by atoms with Gasteiger partial charge in [0.05, 0.1) is 19.9 Å². The van der Waals surface area contributed by atoms with Crippen LogP contribution < -0.4 is 14.4 Å². The maximum Gasteiger partial charge on any atom is 0.142 e. The first kappa shape index (κ1) is 15.7. The summed E-state index contributed by atoms with van der Waals surface area (Å²) in [6.07, 6.45) is 3.57. The van der Waals surface area contributed by atoms with Gasteiger partial charge in [-0.25, -0.2) is 0 Å². The van der Waals surface area contributed by atoms with Crippen LogP contribution in [0.3, 0.4) is 0 Å². The summed E-state index contributed by atoms with van der Waals surface area (Å²) in [6.45, 7) is 2.14. The van der Waals surface area contributed by atoms with Gasteiger partial charge in [-0.05, 0) is 55.0 Å². The lowest BCUT2D eigenvalue weighted by molar-refractivity contribution is 0.413. The highest BCUT2D eigenvalue weighted by Crippen LogP contribution is 2.34. The fourth-order valence-corrected chi connectivity index (χ4v) is 3.46. The Morgan fingerprint density at radius 3 is 2.61 bits per heavy atom. The Hall–Kier alpha value is -2.16. The average molecular weight is 311 g/mol. The minimum Gasteiger partial charge on any atom is -0.497 e. The van der Waals surface area contributed by atoms with Gasteiger partial charge in [0.25, 0.3) is 0 Å². The summed E-state index contributed by atoms with van der Waals surface area (Å²) in [4.78, 5) is 2.46. The normalized spacial score (nSPS) is 18.3. The lowest BCUT2D eigenvalue weighted by Gasteiger charge is -2.25. The van der Waals surface area contributed by atoms with Crippen molar-refractivity contribution in [3.8, 4) is 11.5 Å². The van der Waals surface area contributed by atoms with E-state index in [4.69, 9.17) is 9.47 Å². The van der Waals surface area contributed by atoms with E-state index in [0.717, 1.165) is 31.0 Å². The minimum absolute atomic E-state index is 0.602. The van der Waals surface area contributed by atoms with Crippen molar-refractivity contribution >= 4 is 5.69 Å². The Labute approximate surface area is 138 Å². The lowest BCUT2D eigenvalue weighted by atomic mass is 9.92. The molecule has 1 aliphatic rings. The predicted molar refractivity (Wildman–Crippen MR) is 94.8 cm³/mol. The third kappa shape index (κ3) is 3.61. The average Bonchev–Trinajstić information content (AvgIpc) is 2.88. The van der Waals surface area contributed by atoms with Gasteiger partial charge in [-0.3, -0.25) is 0 Å². The van der Waals surface area contributed by atoms with Crippen molar-refractivity contribution in [3.05, 3.63) is 54.1 Å². The molecule has 0 bridgehead atoms. The highest BCUT2D eigenvalue weighted by atomic mass is 16.5. The zero-order valence-corrected chi connectivity index (χ0v) is 14.0. The van der Waals surface area contributed by atoms with E-state index in [1.54, 1.807) is 14.2 Å². The fraction of sp³-hybridized carbons (Fsp3) is 0.400. The standard InChI is InChI=1S/C20H25NO2/c1-22-18-9-5-7-17(15-18)16-8-6-13-21(14-12-16)19-10-3-4-11-20(19)23-2/h3-5,7,9-11,15-16H,6,8,12-14H2,1-2H3. The molecule has 3 rings (SSSR count). The van der Waals surface area contributed by atoms with E-state index in [9.17, 15) is 0 Å². The van der Waals surface area contributed by atoms with Crippen molar-refractivity contribution in [2.45, 2.75) is 25.2 Å². The second kappa shape index (κ2) is 7.40. The summed E-state index contributed by atoms with van der Waals surface area (Å²) in [5, 5.41) is 0.